The van der Waals surface area contributed by atoms with Crippen LogP contribution in [0.1, 0.15) is 11.3 Å². The van der Waals surface area contributed by atoms with E-state index in [1.54, 1.807) is 12.1 Å². The van der Waals surface area contributed by atoms with Crippen molar-refractivity contribution in [3.8, 4) is 0 Å². The molecule has 0 saturated heterocycles. The van der Waals surface area contributed by atoms with Gasteiger partial charge in [-0.2, -0.15) is 0 Å². The van der Waals surface area contributed by atoms with Gasteiger partial charge in [-0.1, -0.05) is 46.9 Å². The van der Waals surface area contributed by atoms with Gasteiger partial charge in [0.2, 0.25) is 0 Å². The minimum atomic E-state index is 0.0778. The van der Waals surface area contributed by atoms with Crippen molar-refractivity contribution in [1.82, 2.24) is 9.97 Å². The highest BCUT2D eigenvalue weighted by Gasteiger charge is 2.06. The van der Waals surface area contributed by atoms with Crippen molar-refractivity contribution in [2.45, 2.75) is 6.54 Å². The number of aromatic nitrogens is 2. The summed E-state index contributed by atoms with van der Waals surface area (Å²) in [6.07, 6.45) is 1.51. The molecular weight excluding hydrogens is 307 g/mol. The van der Waals surface area contributed by atoms with Gasteiger partial charge in [0.25, 0.3) is 0 Å². The lowest BCUT2D eigenvalue weighted by molar-refractivity contribution is 1.07. The average molecular weight is 316 g/mol. The van der Waals surface area contributed by atoms with Crippen molar-refractivity contribution in [3.63, 3.8) is 0 Å². The Labute approximate surface area is 125 Å². The van der Waals surface area contributed by atoms with E-state index in [0.29, 0.717) is 17.3 Å². The molecule has 7 heteroatoms. The molecule has 0 unspecified atom stereocenters. The molecule has 0 bridgehead atoms. The Morgan fingerprint density at radius 2 is 1.68 bits per heavy atom. The number of hydrogen-bond acceptors (Lipinski definition) is 4. The zero-order valence-corrected chi connectivity index (χ0v) is 11.9. The van der Waals surface area contributed by atoms with Gasteiger partial charge in [0, 0.05) is 5.02 Å². The minimum Gasteiger partial charge on any atom is -0.382 e. The number of halogens is 3. The fourth-order valence-corrected chi connectivity index (χ4v) is 1.73. The minimum absolute atomic E-state index is 0.0778. The van der Waals surface area contributed by atoms with E-state index in [-0.39, 0.29) is 16.1 Å². The zero-order valence-electron chi connectivity index (χ0n) is 9.65. The molecular formula is C12H9Cl3N4. The van der Waals surface area contributed by atoms with Gasteiger partial charge in [-0.25, -0.2) is 9.97 Å². The van der Waals surface area contributed by atoms with Crippen LogP contribution in [0.4, 0.5) is 5.82 Å². The molecule has 1 aromatic carbocycles. The first-order valence-electron chi connectivity index (χ1n) is 5.29. The second-order valence-corrected chi connectivity index (χ2v) is 4.82. The largest absolute Gasteiger partial charge is 0.382 e. The monoisotopic (exact) mass is 314 g/mol. The molecule has 98 valence electrons. The van der Waals surface area contributed by atoms with Gasteiger partial charge in [0.05, 0.1) is 12.8 Å². The van der Waals surface area contributed by atoms with Crippen LogP contribution in [-0.4, -0.2) is 16.2 Å². The number of benzene rings is 1. The second-order valence-electron chi connectivity index (χ2n) is 3.67. The van der Waals surface area contributed by atoms with Crippen molar-refractivity contribution in [3.05, 3.63) is 50.9 Å². The number of nitrogens with zero attached hydrogens (tertiary/aromatic N) is 3. The van der Waals surface area contributed by atoms with E-state index in [0.717, 1.165) is 5.56 Å². The van der Waals surface area contributed by atoms with E-state index < -0.39 is 0 Å². The van der Waals surface area contributed by atoms with E-state index in [1.165, 1.54) is 6.21 Å². The highest BCUT2D eigenvalue weighted by Crippen LogP contribution is 2.19. The van der Waals surface area contributed by atoms with Gasteiger partial charge < -0.3 is 5.73 Å². The third-order valence-electron chi connectivity index (χ3n) is 2.27. The topological polar surface area (TPSA) is 64.2 Å². The summed E-state index contributed by atoms with van der Waals surface area (Å²) in [5.41, 5.74) is 7.08. The third-order valence-corrected chi connectivity index (χ3v) is 3.15. The van der Waals surface area contributed by atoms with Crippen LogP contribution in [-0.2, 0) is 6.54 Å². The van der Waals surface area contributed by atoms with Crippen LogP contribution in [0, 0.1) is 0 Å². The number of rotatable bonds is 3. The van der Waals surface area contributed by atoms with E-state index >= 15 is 0 Å². The van der Waals surface area contributed by atoms with Crippen LogP contribution in [0.15, 0.2) is 29.3 Å². The van der Waals surface area contributed by atoms with Crippen LogP contribution in [0.5, 0.6) is 0 Å². The molecule has 0 amide bonds. The molecule has 0 spiro atoms. The maximum absolute atomic E-state index is 5.79. The standard InChI is InChI=1S/C12H9Cl3N4/c13-8-3-1-7(2-4-8)5-17-6-9-12(16)19-11(15)10(14)18-9/h1-4,6H,5H2,(H2,16,19)/b17-6+. The number of aliphatic imine (C=N–C) groups is 1. The summed E-state index contributed by atoms with van der Waals surface area (Å²) < 4.78 is 0. The molecule has 4 nitrogen and oxygen atoms in total. The Morgan fingerprint density at radius 3 is 2.37 bits per heavy atom. The maximum Gasteiger partial charge on any atom is 0.168 e. The molecule has 2 aromatic rings. The quantitative estimate of drug-likeness (QED) is 0.879. The lowest BCUT2D eigenvalue weighted by Crippen LogP contribution is -2.01. The van der Waals surface area contributed by atoms with Crippen molar-refractivity contribution in [2.24, 2.45) is 4.99 Å². The van der Waals surface area contributed by atoms with Gasteiger partial charge in [-0.3, -0.25) is 4.99 Å². The maximum atomic E-state index is 5.79. The average Bonchev–Trinajstić information content (AvgIpc) is 2.38. The number of nitrogens with two attached hydrogens (primary N) is 1. The van der Waals surface area contributed by atoms with Gasteiger partial charge in [0.15, 0.2) is 16.1 Å². The summed E-state index contributed by atoms with van der Waals surface area (Å²) >= 11 is 17.2. The molecule has 1 aromatic heterocycles. The molecule has 0 radical (unpaired) electrons. The molecule has 0 aliphatic rings. The molecule has 0 aliphatic carbocycles. The van der Waals surface area contributed by atoms with Crippen LogP contribution >= 0.6 is 34.8 Å². The third kappa shape index (κ3) is 3.80. The molecule has 0 atom stereocenters. The first-order chi connectivity index (χ1) is 9.06. The molecule has 0 aliphatic heterocycles. The van der Waals surface area contributed by atoms with Gasteiger partial charge in [-0.15, -0.1) is 0 Å². The molecule has 2 N–H and O–H groups in total. The first kappa shape index (κ1) is 14.1. The fraction of sp³-hybridized carbons (Fsp3) is 0.0833. The lowest BCUT2D eigenvalue weighted by atomic mass is 10.2. The van der Waals surface area contributed by atoms with E-state index in [1.807, 2.05) is 12.1 Å². The van der Waals surface area contributed by atoms with Crippen molar-refractivity contribution >= 4 is 46.8 Å². The first-order valence-corrected chi connectivity index (χ1v) is 6.42. The van der Waals surface area contributed by atoms with Crippen LogP contribution in [0.2, 0.25) is 15.3 Å². The van der Waals surface area contributed by atoms with Crippen LogP contribution in [0.3, 0.4) is 0 Å². The normalized spacial score (nSPS) is 11.1. The summed E-state index contributed by atoms with van der Waals surface area (Å²) in [5, 5.41) is 0.866. The molecule has 2 rings (SSSR count). The number of hydrogen-bond donors (Lipinski definition) is 1. The molecule has 19 heavy (non-hydrogen) atoms. The summed E-state index contributed by atoms with van der Waals surface area (Å²) in [4.78, 5) is 12.1. The van der Waals surface area contributed by atoms with Crippen LogP contribution in [0.25, 0.3) is 0 Å². The van der Waals surface area contributed by atoms with E-state index in [4.69, 9.17) is 40.5 Å². The smallest absolute Gasteiger partial charge is 0.168 e. The predicted octanol–water partition coefficient (Wildman–Crippen LogP) is 3.64. The SMILES string of the molecule is Nc1nc(Cl)c(Cl)nc1/C=N/Cc1ccc(Cl)cc1. The van der Waals surface area contributed by atoms with Gasteiger partial charge >= 0.3 is 0 Å². The van der Waals surface area contributed by atoms with Crippen molar-refractivity contribution < 1.29 is 0 Å². The Bertz CT molecular complexity index is 611. The van der Waals surface area contributed by atoms with Crippen molar-refractivity contribution in [1.29, 1.82) is 0 Å². The summed E-state index contributed by atoms with van der Waals surface area (Å²) in [6.45, 7) is 0.485. The molecule has 0 fully saturated rings. The van der Waals surface area contributed by atoms with Gasteiger partial charge in [-0.05, 0) is 17.7 Å². The van der Waals surface area contributed by atoms with E-state index in [2.05, 4.69) is 15.0 Å². The summed E-state index contributed by atoms with van der Waals surface area (Å²) in [7, 11) is 0. The molecule has 0 saturated carbocycles. The fourth-order valence-electron chi connectivity index (χ4n) is 1.34. The number of anilines is 1. The lowest BCUT2D eigenvalue weighted by Gasteiger charge is -2.01. The summed E-state index contributed by atoms with van der Waals surface area (Å²) in [6, 6.07) is 7.40. The highest BCUT2D eigenvalue weighted by molar-refractivity contribution is 6.40. The zero-order chi connectivity index (χ0) is 13.8. The Kier molecular flexibility index (Phi) is 4.58. The van der Waals surface area contributed by atoms with Crippen LogP contribution < -0.4 is 5.73 Å². The second kappa shape index (κ2) is 6.19. The predicted molar refractivity (Wildman–Crippen MR) is 79.2 cm³/mol. The molecule has 1 heterocycles. The number of nitrogen functional groups attached to an aromatic ring is 1. The van der Waals surface area contributed by atoms with Gasteiger partial charge in [0.1, 0.15) is 5.69 Å². The van der Waals surface area contributed by atoms with Crippen molar-refractivity contribution in [2.75, 3.05) is 5.73 Å². The summed E-state index contributed by atoms with van der Waals surface area (Å²) in [5.74, 6) is 0.189. The highest BCUT2D eigenvalue weighted by atomic mass is 35.5. The Balaban J connectivity index is 2.11. The Hall–Kier alpha value is -1.36. The van der Waals surface area contributed by atoms with E-state index in [9.17, 15) is 0 Å². The Morgan fingerprint density at radius 1 is 1.05 bits per heavy atom.